The van der Waals surface area contributed by atoms with Crippen LogP contribution in [0.1, 0.15) is 31.3 Å². The highest BCUT2D eigenvalue weighted by molar-refractivity contribution is 9.11. The van der Waals surface area contributed by atoms with Crippen molar-refractivity contribution < 1.29 is 0 Å². The van der Waals surface area contributed by atoms with Crippen molar-refractivity contribution in [2.75, 3.05) is 0 Å². The van der Waals surface area contributed by atoms with Crippen LogP contribution in [0, 0.1) is 6.92 Å². The molecular formula is C14H16BrNS. The zero-order chi connectivity index (χ0) is 12.6. The molecule has 0 fully saturated rings. The smallest absolute Gasteiger partial charge is 0.0979 e. The molecule has 17 heavy (non-hydrogen) atoms. The second-order valence-corrected chi connectivity index (χ2v) is 7.70. The highest BCUT2D eigenvalue weighted by Gasteiger charge is 2.14. The number of rotatable bonds is 1. The van der Waals surface area contributed by atoms with Crippen LogP contribution in [0.2, 0.25) is 0 Å². The van der Waals surface area contributed by atoms with Crippen LogP contribution in [-0.2, 0) is 5.41 Å². The van der Waals surface area contributed by atoms with Crippen molar-refractivity contribution in [2.45, 2.75) is 33.1 Å². The number of hydrogen-bond acceptors (Lipinski definition) is 2. The average Bonchev–Trinajstić information content (AvgIpc) is 2.57. The van der Waals surface area contributed by atoms with Gasteiger partial charge in [0.15, 0.2) is 0 Å². The Bertz CT molecular complexity index is 520. The first-order valence-corrected chi connectivity index (χ1v) is 7.23. The minimum absolute atomic E-state index is 0.202. The molecule has 0 aliphatic carbocycles. The van der Waals surface area contributed by atoms with Crippen molar-refractivity contribution in [3.63, 3.8) is 0 Å². The SMILES string of the molecule is Cc1nc(-c2ccc(C(C)(C)C)cc2)c(Br)s1. The standard InChI is InChI=1S/C14H16BrNS/c1-9-16-12(13(15)17-9)10-5-7-11(8-6-10)14(2,3)4/h5-8H,1-4H3. The maximum Gasteiger partial charge on any atom is 0.0979 e. The molecule has 1 aromatic heterocycles. The highest BCUT2D eigenvalue weighted by Crippen LogP contribution is 2.33. The lowest BCUT2D eigenvalue weighted by molar-refractivity contribution is 0.590. The molecule has 0 atom stereocenters. The van der Waals surface area contributed by atoms with E-state index in [1.54, 1.807) is 11.3 Å². The fraction of sp³-hybridized carbons (Fsp3) is 0.357. The van der Waals surface area contributed by atoms with Crippen molar-refractivity contribution in [1.29, 1.82) is 0 Å². The molecule has 2 aromatic rings. The molecule has 0 N–H and O–H groups in total. The largest absolute Gasteiger partial charge is 0.240 e. The van der Waals surface area contributed by atoms with Gasteiger partial charge in [0.1, 0.15) is 0 Å². The molecular weight excluding hydrogens is 294 g/mol. The topological polar surface area (TPSA) is 12.9 Å². The molecule has 3 heteroatoms. The Labute approximate surface area is 115 Å². The number of halogens is 1. The van der Waals surface area contributed by atoms with E-state index in [4.69, 9.17) is 0 Å². The molecule has 1 nitrogen and oxygen atoms in total. The Morgan fingerprint density at radius 2 is 1.71 bits per heavy atom. The van der Waals surface area contributed by atoms with E-state index in [0.717, 1.165) is 14.5 Å². The van der Waals surface area contributed by atoms with E-state index in [1.165, 1.54) is 11.1 Å². The summed E-state index contributed by atoms with van der Waals surface area (Å²) in [6.45, 7) is 8.71. The monoisotopic (exact) mass is 309 g/mol. The van der Waals surface area contributed by atoms with Crippen molar-refractivity contribution in [3.8, 4) is 11.3 Å². The first-order chi connectivity index (χ1) is 7.88. The van der Waals surface area contributed by atoms with Gasteiger partial charge in [-0.15, -0.1) is 11.3 Å². The second-order valence-electron chi connectivity index (χ2n) is 5.18. The molecule has 0 aliphatic heterocycles. The predicted octanol–water partition coefficient (Wildman–Crippen LogP) is 5.18. The van der Waals surface area contributed by atoms with Gasteiger partial charge in [-0.2, -0.15) is 0 Å². The van der Waals surface area contributed by atoms with Crippen LogP contribution in [0.15, 0.2) is 28.1 Å². The summed E-state index contributed by atoms with van der Waals surface area (Å²) in [6, 6.07) is 8.69. The van der Waals surface area contributed by atoms with Gasteiger partial charge in [-0.25, -0.2) is 4.98 Å². The number of benzene rings is 1. The van der Waals surface area contributed by atoms with E-state index in [1.807, 2.05) is 6.92 Å². The normalized spacial score (nSPS) is 11.8. The minimum Gasteiger partial charge on any atom is -0.240 e. The zero-order valence-corrected chi connectivity index (χ0v) is 12.9. The molecule has 1 aromatic carbocycles. The maximum absolute atomic E-state index is 4.54. The molecule has 0 saturated heterocycles. The average molecular weight is 310 g/mol. The summed E-state index contributed by atoms with van der Waals surface area (Å²) in [6.07, 6.45) is 0. The van der Waals surface area contributed by atoms with Crippen LogP contribution in [0.25, 0.3) is 11.3 Å². The van der Waals surface area contributed by atoms with Gasteiger partial charge in [-0.05, 0) is 33.8 Å². The minimum atomic E-state index is 0.202. The third kappa shape index (κ3) is 2.78. The van der Waals surface area contributed by atoms with Gasteiger partial charge >= 0.3 is 0 Å². The molecule has 0 amide bonds. The molecule has 0 bridgehead atoms. The van der Waals surface area contributed by atoms with Crippen LogP contribution < -0.4 is 0 Å². The van der Waals surface area contributed by atoms with E-state index in [2.05, 4.69) is 66.0 Å². The summed E-state index contributed by atoms with van der Waals surface area (Å²) in [7, 11) is 0. The van der Waals surface area contributed by atoms with Gasteiger partial charge in [0.2, 0.25) is 0 Å². The third-order valence-electron chi connectivity index (χ3n) is 2.72. The zero-order valence-electron chi connectivity index (χ0n) is 10.5. The third-order valence-corrected chi connectivity index (χ3v) is 4.34. The van der Waals surface area contributed by atoms with E-state index >= 15 is 0 Å². The summed E-state index contributed by atoms with van der Waals surface area (Å²) < 4.78 is 1.11. The molecule has 0 aliphatic rings. The lowest BCUT2D eigenvalue weighted by atomic mass is 9.86. The summed E-state index contributed by atoms with van der Waals surface area (Å²) in [5.41, 5.74) is 3.78. The molecule has 90 valence electrons. The Morgan fingerprint density at radius 1 is 1.12 bits per heavy atom. The van der Waals surface area contributed by atoms with Crippen LogP contribution in [0.5, 0.6) is 0 Å². The van der Waals surface area contributed by atoms with Crippen LogP contribution in [0.4, 0.5) is 0 Å². The Kier molecular flexibility index (Phi) is 3.41. The molecule has 1 heterocycles. The first kappa shape index (κ1) is 12.8. The van der Waals surface area contributed by atoms with Gasteiger partial charge in [-0.1, -0.05) is 45.0 Å². The van der Waals surface area contributed by atoms with Gasteiger partial charge in [0.05, 0.1) is 14.5 Å². The van der Waals surface area contributed by atoms with E-state index < -0.39 is 0 Å². The lowest BCUT2D eigenvalue weighted by Gasteiger charge is -2.18. The summed E-state index contributed by atoms with van der Waals surface area (Å²) in [5, 5.41) is 1.09. The van der Waals surface area contributed by atoms with Gasteiger partial charge in [-0.3, -0.25) is 0 Å². The highest BCUT2D eigenvalue weighted by atomic mass is 79.9. The maximum atomic E-state index is 4.54. The Morgan fingerprint density at radius 3 is 2.12 bits per heavy atom. The second kappa shape index (κ2) is 4.54. The number of thiazole rings is 1. The first-order valence-electron chi connectivity index (χ1n) is 5.62. The van der Waals surface area contributed by atoms with Gasteiger partial charge in [0, 0.05) is 5.56 Å². The number of nitrogens with zero attached hydrogens (tertiary/aromatic N) is 1. The van der Waals surface area contributed by atoms with E-state index in [9.17, 15) is 0 Å². The summed E-state index contributed by atoms with van der Waals surface area (Å²) in [5.74, 6) is 0. The summed E-state index contributed by atoms with van der Waals surface area (Å²) in [4.78, 5) is 4.54. The van der Waals surface area contributed by atoms with Gasteiger partial charge < -0.3 is 0 Å². The van der Waals surface area contributed by atoms with Crippen molar-refractivity contribution in [2.24, 2.45) is 0 Å². The molecule has 0 spiro atoms. The number of aromatic nitrogens is 1. The van der Waals surface area contributed by atoms with E-state index in [-0.39, 0.29) is 5.41 Å². The molecule has 0 saturated carbocycles. The molecule has 0 unspecified atom stereocenters. The number of hydrogen-bond donors (Lipinski definition) is 0. The van der Waals surface area contributed by atoms with Gasteiger partial charge in [0.25, 0.3) is 0 Å². The van der Waals surface area contributed by atoms with Crippen LogP contribution >= 0.6 is 27.3 Å². The quantitative estimate of drug-likeness (QED) is 0.707. The fourth-order valence-electron chi connectivity index (χ4n) is 1.71. The van der Waals surface area contributed by atoms with Crippen molar-refractivity contribution in [1.82, 2.24) is 4.98 Å². The van der Waals surface area contributed by atoms with Crippen molar-refractivity contribution in [3.05, 3.63) is 38.6 Å². The van der Waals surface area contributed by atoms with E-state index in [0.29, 0.717) is 0 Å². The Hall–Kier alpha value is -0.670. The Balaban J connectivity index is 2.39. The predicted molar refractivity (Wildman–Crippen MR) is 78.7 cm³/mol. The lowest BCUT2D eigenvalue weighted by Crippen LogP contribution is -2.10. The molecule has 0 radical (unpaired) electrons. The van der Waals surface area contributed by atoms with Crippen molar-refractivity contribution >= 4 is 27.3 Å². The van der Waals surface area contributed by atoms with Crippen LogP contribution in [-0.4, -0.2) is 4.98 Å². The van der Waals surface area contributed by atoms with Crippen LogP contribution in [0.3, 0.4) is 0 Å². The number of aryl methyl sites for hydroxylation is 1. The summed E-state index contributed by atoms with van der Waals surface area (Å²) >= 11 is 5.25. The molecule has 2 rings (SSSR count). The fourth-order valence-corrected chi connectivity index (χ4v) is 3.39.